The predicted molar refractivity (Wildman–Crippen MR) is 85.6 cm³/mol. The van der Waals surface area contributed by atoms with Gasteiger partial charge in [0.25, 0.3) is 0 Å². The standard InChI is InChI=1S/C18H31N/c1-14(2)11-16(13-19-18(4,5)6)12-17-10-8-7-9-15(17)3/h7-10,14,16,19H,11-13H2,1-6H3. The molecule has 1 atom stereocenters. The van der Waals surface area contributed by atoms with Crippen LogP contribution >= 0.6 is 0 Å². The van der Waals surface area contributed by atoms with Crippen LogP contribution < -0.4 is 5.32 Å². The van der Waals surface area contributed by atoms with Gasteiger partial charge in [-0.15, -0.1) is 0 Å². The molecule has 1 aromatic carbocycles. The molecule has 1 heteroatoms. The molecule has 0 spiro atoms. The molecule has 0 aliphatic carbocycles. The highest BCUT2D eigenvalue weighted by molar-refractivity contribution is 5.26. The highest BCUT2D eigenvalue weighted by Crippen LogP contribution is 2.19. The third-order valence-corrected chi connectivity index (χ3v) is 3.50. The Kier molecular flexibility index (Phi) is 6.06. The lowest BCUT2D eigenvalue weighted by atomic mass is 9.89. The van der Waals surface area contributed by atoms with E-state index >= 15 is 0 Å². The quantitative estimate of drug-likeness (QED) is 0.790. The topological polar surface area (TPSA) is 12.0 Å². The van der Waals surface area contributed by atoms with Gasteiger partial charge in [0.1, 0.15) is 0 Å². The molecule has 0 amide bonds. The molecular weight excluding hydrogens is 230 g/mol. The summed E-state index contributed by atoms with van der Waals surface area (Å²) < 4.78 is 0. The van der Waals surface area contributed by atoms with Gasteiger partial charge in [-0.05, 0) is 70.0 Å². The fourth-order valence-electron chi connectivity index (χ4n) is 2.51. The van der Waals surface area contributed by atoms with E-state index in [4.69, 9.17) is 0 Å². The van der Waals surface area contributed by atoms with Crippen LogP contribution in [-0.4, -0.2) is 12.1 Å². The molecule has 1 rings (SSSR count). The first kappa shape index (κ1) is 16.2. The Hall–Kier alpha value is -0.820. The van der Waals surface area contributed by atoms with Gasteiger partial charge in [-0.1, -0.05) is 38.1 Å². The molecule has 1 nitrogen and oxygen atoms in total. The molecule has 0 aliphatic rings. The van der Waals surface area contributed by atoms with E-state index in [1.165, 1.54) is 24.0 Å². The third kappa shape index (κ3) is 6.77. The molecule has 19 heavy (non-hydrogen) atoms. The molecule has 1 aromatic rings. The summed E-state index contributed by atoms with van der Waals surface area (Å²) in [6, 6.07) is 8.79. The third-order valence-electron chi connectivity index (χ3n) is 3.50. The number of benzene rings is 1. The molecule has 0 radical (unpaired) electrons. The van der Waals surface area contributed by atoms with E-state index in [1.54, 1.807) is 0 Å². The van der Waals surface area contributed by atoms with Gasteiger partial charge in [-0.25, -0.2) is 0 Å². The zero-order valence-electron chi connectivity index (χ0n) is 13.6. The van der Waals surface area contributed by atoms with Crippen LogP contribution in [0.5, 0.6) is 0 Å². The van der Waals surface area contributed by atoms with Crippen LogP contribution in [0.3, 0.4) is 0 Å². The summed E-state index contributed by atoms with van der Waals surface area (Å²) in [6.45, 7) is 14.7. The lowest BCUT2D eigenvalue weighted by Gasteiger charge is -2.27. The van der Waals surface area contributed by atoms with E-state index in [-0.39, 0.29) is 5.54 Å². The van der Waals surface area contributed by atoms with Gasteiger partial charge in [0, 0.05) is 5.54 Å². The van der Waals surface area contributed by atoms with Crippen molar-refractivity contribution in [2.45, 2.75) is 59.9 Å². The first-order chi connectivity index (χ1) is 8.78. The van der Waals surface area contributed by atoms with E-state index in [1.807, 2.05) is 0 Å². The summed E-state index contributed by atoms with van der Waals surface area (Å²) in [5.74, 6) is 1.48. The zero-order valence-corrected chi connectivity index (χ0v) is 13.6. The second-order valence-electron chi connectivity index (χ2n) is 7.26. The highest BCUT2D eigenvalue weighted by atomic mass is 14.9. The van der Waals surface area contributed by atoms with Crippen molar-refractivity contribution in [2.75, 3.05) is 6.54 Å². The van der Waals surface area contributed by atoms with Crippen molar-refractivity contribution in [1.82, 2.24) is 5.32 Å². The average Bonchev–Trinajstić information content (AvgIpc) is 2.27. The average molecular weight is 261 g/mol. The number of nitrogens with one attached hydrogen (secondary N) is 1. The van der Waals surface area contributed by atoms with Crippen LogP contribution in [0.25, 0.3) is 0 Å². The van der Waals surface area contributed by atoms with Crippen LogP contribution in [0, 0.1) is 18.8 Å². The van der Waals surface area contributed by atoms with Crippen LogP contribution in [-0.2, 0) is 6.42 Å². The Morgan fingerprint density at radius 3 is 2.26 bits per heavy atom. The Morgan fingerprint density at radius 1 is 1.11 bits per heavy atom. The summed E-state index contributed by atoms with van der Waals surface area (Å²) in [6.07, 6.45) is 2.48. The van der Waals surface area contributed by atoms with Crippen molar-refractivity contribution in [1.29, 1.82) is 0 Å². The molecule has 0 saturated heterocycles. The molecule has 0 aromatic heterocycles. The minimum atomic E-state index is 0.209. The molecule has 108 valence electrons. The summed E-state index contributed by atoms with van der Waals surface area (Å²) in [5.41, 5.74) is 3.14. The van der Waals surface area contributed by atoms with Crippen LogP contribution in [0.2, 0.25) is 0 Å². The van der Waals surface area contributed by atoms with Crippen LogP contribution in [0.15, 0.2) is 24.3 Å². The van der Waals surface area contributed by atoms with Crippen LogP contribution in [0.1, 0.15) is 52.2 Å². The summed E-state index contributed by atoms with van der Waals surface area (Å²) in [4.78, 5) is 0. The molecule has 0 aliphatic heterocycles. The molecule has 0 heterocycles. The van der Waals surface area contributed by atoms with Crippen molar-refractivity contribution < 1.29 is 0 Å². The second kappa shape index (κ2) is 7.09. The summed E-state index contributed by atoms with van der Waals surface area (Å²) >= 11 is 0. The number of rotatable bonds is 6. The first-order valence-electron chi connectivity index (χ1n) is 7.57. The number of hydrogen-bond acceptors (Lipinski definition) is 1. The normalized spacial score (nSPS) is 13.8. The van der Waals surface area contributed by atoms with E-state index in [2.05, 4.69) is 71.1 Å². The minimum absolute atomic E-state index is 0.209. The van der Waals surface area contributed by atoms with Crippen molar-refractivity contribution in [2.24, 2.45) is 11.8 Å². The number of hydrogen-bond donors (Lipinski definition) is 1. The van der Waals surface area contributed by atoms with Gasteiger partial charge in [0.05, 0.1) is 0 Å². The minimum Gasteiger partial charge on any atom is -0.312 e. The van der Waals surface area contributed by atoms with Crippen molar-refractivity contribution in [3.63, 3.8) is 0 Å². The second-order valence-corrected chi connectivity index (χ2v) is 7.26. The molecule has 0 bridgehead atoms. The van der Waals surface area contributed by atoms with E-state index in [0.717, 1.165) is 18.4 Å². The molecule has 0 fully saturated rings. The molecule has 0 saturated carbocycles. The van der Waals surface area contributed by atoms with E-state index in [9.17, 15) is 0 Å². The van der Waals surface area contributed by atoms with E-state index < -0.39 is 0 Å². The summed E-state index contributed by atoms with van der Waals surface area (Å²) in [5, 5.41) is 3.67. The van der Waals surface area contributed by atoms with Gasteiger partial charge >= 0.3 is 0 Å². The van der Waals surface area contributed by atoms with E-state index in [0.29, 0.717) is 0 Å². The fourth-order valence-corrected chi connectivity index (χ4v) is 2.51. The molecule has 1 N–H and O–H groups in total. The van der Waals surface area contributed by atoms with Crippen LogP contribution in [0.4, 0.5) is 0 Å². The maximum Gasteiger partial charge on any atom is 0.00966 e. The maximum atomic E-state index is 3.67. The Labute approximate surface area is 119 Å². The van der Waals surface area contributed by atoms with Gasteiger partial charge in [0.2, 0.25) is 0 Å². The van der Waals surface area contributed by atoms with Gasteiger partial charge in [0.15, 0.2) is 0 Å². The lowest BCUT2D eigenvalue weighted by molar-refractivity contribution is 0.331. The predicted octanol–water partition coefficient (Wildman–Crippen LogP) is 4.59. The smallest absolute Gasteiger partial charge is 0.00966 e. The van der Waals surface area contributed by atoms with Gasteiger partial charge in [-0.3, -0.25) is 0 Å². The van der Waals surface area contributed by atoms with Crippen molar-refractivity contribution in [3.05, 3.63) is 35.4 Å². The monoisotopic (exact) mass is 261 g/mol. The SMILES string of the molecule is Cc1ccccc1CC(CNC(C)(C)C)CC(C)C. The Morgan fingerprint density at radius 2 is 1.74 bits per heavy atom. The largest absolute Gasteiger partial charge is 0.312 e. The fraction of sp³-hybridized carbons (Fsp3) is 0.667. The molecular formula is C18H31N. The summed E-state index contributed by atoms with van der Waals surface area (Å²) in [7, 11) is 0. The van der Waals surface area contributed by atoms with Gasteiger partial charge in [-0.2, -0.15) is 0 Å². The highest BCUT2D eigenvalue weighted by Gasteiger charge is 2.16. The lowest BCUT2D eigenvalue weighted by Crippen LogP contribution is -2.39. The van der Waals surface area contributed by atoms with Crippen molar-refractivity contribution >= 4 is 0 Å². The van der Waals surface area contributed by atoms with Gasteiger partial charge < -0.3 is 5.32 Å². The number of aryl methyl sites for hydroxylation is 1. The first-order valence-corrected chi connectivity index (χ1v) is 7.57. The van der Waals surface area contributed by atoms with Crippen molar-refractivity contribution in [3.8, 4) is 0 Å². The molecule has 1 unspecified atom stereocenters. The zero-order chi connectivity index (χ0) is 14.5. The Balaban J connectivity index is 2.66. The Bertz CT molecular complexity index is 374. The maximum absolute atomic E-state index is 3.67.